The summed E-state index contributed by atoms with van der Waals surface area (Å²) in [6.45, 7) is 38.6. The first-order chi connectivity index (χ1) is 49.8. The molecule has 0 aromatic heterocycles. The van der Waals surface area contributed by atoms with Crippen molar-refractivity contribution in [1.29, 1.82) is 0 Å². The average Bonchev–Trinajstić information content (AvgIpc) is 0.779. The van der Waals surface area contributed by atoms with E-state index in [0.717, 1.165) is 143 Å². The molecule has 12 heteroatoms. The highest BCUT2D eigenvalue weighted by atomic mass is 19.3. The second-order valence-corrected chi connectivity index (χ2v) is 31.4. The van der Waals surface area contributed by atoms with Gasteiger partial charge in [-0.1, -0.05) is 171 Å². The van der Waals surface area contributed by atoms with Gasteiger partial charge >= 0.3 is 24.0 Å². The van der Waals surface area contributed by atoms with Gasteiger partial charge < -0.3 is 33.2 Å². The van der Waals surface area contributed by atoms with E-state index in [0.29, 0.717) is 30.3 Å². The maximum absolute atomic E-state index is 13.2. The number of hydrogen-bond donors (Lipinski definition) is 0. The number of carbonyl (C=O) groups is 3. The zero-order valence-corrected chi connectivity index (χ0v) is 66.1. The number of aryl methyl sites for hydroxylation is 8. The summed E-state index contributed by atoms with van der Waals surface area (Å²) < 4.78 is 63.4. The summed E-state index contributed by atoms with van der Waals surface area (Å²) in [5.74, 6) is 4.56. The standard InChI is InChI=1S/C11H12F2O.3C11H12O2.3C11H14O.2C8H14/c1-7-3-4-9-6-8(2)11(12,13)14-10(9)5-7;2*1-7-3-4-9-6-8(2)13-11(12)10(9)5-7;1-7-3-4-9-6-8(2)11(12)13-10(9)5-7;1-8-3-6-11-10(7-8)5-4-9(2)12-11;1-8-3-4-10-5-9(2)7-12-11(10)6-8;1-8-3-4-10-6-9(2)12-7-11(10)5-8;2*1-7-3-5-8(2)6-4-7/h3-5,8H,6H2,1-2H3;3*3-5,8H,6H2,1-2H3;3,6-7,9H,4-5H2,1-2H3;3-4,6,9H,5,7H2,1-2H3;3-5,9H,6-7H2,1-2H3;2*3,8H,4-6H2,1-2H3. The number of esters is 3. The maximum Gasteiger partial charge on any atom is 0.400 e. The number of halogens is 2. The van der Waals surface area contributed by atoms with Crippen molar-refractivity contribution < 1.29 is 56.3 Å². The molecule has 2 aliphatic carbocycles. The molecule has 16 rings (SSSR count). The van der Waals surface area contributed by atoms with Crippen molar-refractivity contribution in [2.75, 3.05) is 6.61 Å². The van der Waals surface area contributed by atoms with E-state index in [4.69, 9.17) is 28.4 Å². The lowest BCUT2D eigenvalue weighted by Crippen LogP contribution is -2.37. The fourth-order valence-corrected chi connectivity index (χ4v) is 13.6. The van der Waals surface area contributed by atoms with Crippen LogP contribution in [0.25, 0.3) is 0 Å². The molecule has 0 N–H and O–H groups in total. The van der Waals surface area contributed by atoms with Gasteiger partial charge in [-0.15, -0.1) is 0 Å². The van der Waals surface area contributed by atoms with Crippen molar-refractivity contribution in [3.63, 3.8) is 0 Å². The number of cyclic esters (lactones) is 2. The van der Waals surface area contributed by atoms with Gasteiger partial charge in [-0.3, -0.25) is 4.79 Å². The van der Waals surface area contributed by atoms with Gasteiger partial charge in [0.15, 0.2) is 0 Å². The molecule has 9 aliphatic rings. The molecular formula is C93H118F2O10. The van der Waals surface area contributed by atoms with Crippen LogP contribution in [-0.2, 0) is 70.6 Å². The highest BCUT2D eigenvalue weighted by Crippen LogP contribution is 2.40. The third kappa shape index (κ3) is 25.7. The van der Waals surface area contributed by atoms with Gasteiger partial charge in [0.05, 0.1) is 48.4 Å². The van der Waals surface area contributed by atoms with Crippen molar-refractivity contribution in [3.8, 4) is 23.0 Å². The van der Waals surface area contributed by atoms with E-state index >= 15 is 0 Å². The topological polar surface area (TPSA) is 116 Å². The SMILES string of the molecule is CC1=CCC(C)CC1.CC1=CCC(C)CC1.Cc1ccc2c(c1)C(=O)OC(C)C2.Cc1ccc2c(c1)C(=O)OC(C)C2.Cc1ccc2c(c1)CCC(C)O2.Cc1ccc2c(c1)COC(C)C2.Cc1ccc2c(c1)OC(=O)C(C)C2.Cc1ccc2c(c1)OC(F)(F)C(C)C2.Cc1ccc2c(c1)OCC(C)C2. The van der Waals surface area contributed by atoms with Gasteiger partial charge in [-0.25, -0.2) is 9.59 Å². The number of rotatable bonds is 0. The lowest BCUT2D eigenvalue weighted by molar-refractivity contribution is -0.219. The molecule has 7 aromatic carbocycles. The van der Waals surface area contributed by atoms with Gasteiger partial charge in [-0.2, -0.15) is 8.78 Å². The molecule has 0 radical (unpaired) electrons. The third-order valence-electron chi connectivity index (χ3n) is 20.4. The van der Waals surface area contributed by atoms with E-state index in [1.807, 2.05) is 115 Å². The second kappa shape index (κ2) is 38.8. The van der Waals surface area contributed by atoms with Crippen LogP contribution in [0.4, 0.5) is 8.78 Å². The predicted molar refractivity (Wildman–Crippen MR) is 421 cm³/mol. The normalized spacial score (nSPS) is 22.8. The Balaban J connectivity index is 0.000000150. The van der Waals surface area contributed by atoms with Gasteiger partial charge in [0.25, 0.3) is 0 Å². The highest BCUT2D eigenvalue weighted by molar-refractivity contribution is 5.93. The van der Waals surface area contributed by atoms with Crippen molar-refractivity contribution >= 4 is 17.9 Å². The second-order valence-electron chi connectivity index (χ2n) is 31.4. The first-order valence-electron chi connectivity index (χ1n) is 38.4. The van der Waals surface area contributed by atoms with Crippen LogP contribution in [0.5, 0.6) is 23.0 Å². The lowest BCUT2D eigenvalue weighted by Gasteiger charge is -2.30. The molecule has 7 heterocycles. The Bertz CT molecular complexity index is 3900. The highest BCUT2D eigenvalue weighted by Gasteiger charge is 2.43. The molecule has 564 valence electrons. The molecule has 105 heavy (non-hydrogen) atoms. The fraction of sp³-hybridized carbons (Fsp3) is 0.473. The molecule has 0 bridgehead atoms. The van der Waals surface area contributed by atoms with Crippen LogP contribution in [0.1, 0.15) is 225 Å². The van der Waals surface area contributed by atoms with Crippen LogP contribution in [-0.4, -0.2) is 55.0 Å². The molecule has 0 spiro atoms. The van der Waals surface area contributed by atoms with E-state index in [1.54, 1.807) is 17.2 Å². The maximum atomic E-state index is 13.2. The van der Waals surface area contributed by atoms with Crippen LogP contribution in [0.15, 0.2) is 151 Å². The van der Waals surface area contributed by atoms with Gasteiger partial charge in [0.2, 0.25) is 0 Å². The van der Waals surface area contributed by atoms with Crippen LogP contribution in [0, 0.1) is 78.1 Å². The summed E-state index contributed by atoms with van der Waals surface area (Å²) >= 11 is 0. The summed E-state index contributed by atoms with van der Waals surface area (Å²) in [4.78, 5) is 34.1. The minimum absolute atomic E-state index is 0.00444. The number of allylic oxidation sites excluding steroid dienone is 4. The van der Waals surface area contributed by atoms with E-state index < -0.39 is 12.0 Å². The molecule has 0 amide bonds. The summed E-state index contributed by atoms with van der Waals surface area (Å²) in [5.41, 5.74) is 22.6. The fourth-order valence-electron chi connectivity index (χ4n) is 13.6. The van der Waals surface area contributed by atoms with E-state index in [2.05, 4.69) is 141 Å². The molecule has 0 fully saturated rings. The number of fused-ring (bicyclic) bond motifs is 7. The average molecular weight is 1430 g/mol. The first kappa shape index (κ1) is 82.3. The number of carbonyl (C=O) groups excluding carboxylic acids is 3. The third-order valence-corrected chi connectivity index (χ3v) is 20.4. The van der Waals surface area contributed by atoms with Crippen molar-refractivity contribution in [2.24, 2.45) is 29.6 Å². The Hall–Kier alpha value is -8.35. The smallest absolute Gasteiger partial charge is 0.400 e. The molecule has 10 nitrogen and oxygen atoms in total. The Morgan fingerprint density at radius 1 is 0.371 bits per heavy atom. The number of alkyl halides is 2. The summed E-state index contributed by atoms with van der Waals surface area (Å²) in [5, 5.41) is 0. The van der Waals surface area contributed by atoms with Crippen LogP contribution in [0.2, 0.25) is 0 Å². The Morgan fingerprint density at radius 3 is 1.32 bits per heavy atom. The molecule has 7 aromatic rings. The van der Waals surface area contributed by atoms with Crippen LogP contribution in [0.3, 0.4) is 0 Å². The van der Waals surface area contributed by atoms with Crippen LogP contribution < -0.4 is 18.9 Å². The Kier molecular flexibility index (Phi) is 30.4. The zero-order chi connectivity index (χ0) is 76.2. The largest absolute Gasteiger partial charge is 0.493 e. The molecule has 0 saturated carbocycles. The molecular weight excluding hydrogens is 1320 g/mol. The monoisotopic (exact) mass is 1430 g/mol. The Morgan fingerprint density at radius 2 is 0.810 bits per heavy atom. The van der Waals surface area contributed by atoms with Gasteiger partial charge in [-0.05, 0) is 282 Å². The predicted octanol–water partition coefficient (Wildman–Crippen LogP) is 22.7. The van der Waals surface area contributed by atoms with Crippen molar-refractivity contribution in [2.45, 2.75) is 252 Å². The van der Waals surface area contributed by atoms with E-state index in [9.17, 15) is 23.2 Å². The molecule has 9 atom stereocenters. The summed E-state index contributed by atoms with van der Waals surface area (Å²) in [6.07, 6.45) is 18.0. The van der Waals surface area contributed by atoms with Crippen molar-refractivity contribution in [3.05, 3.63) is 245 Å². The molecule has 9 unspecified atom stereocenters. The quantitative estimate of drug-likeness (QED) is 0.0826. The minimum atomic E-state index is -3.03. The van der Waals surface area contributed by atoms with E-state index in [1.165, 1.54) is 84.4 Å². The lowest BCUT2D eigenvalue weighted by atomic mass is 9.92. The summed E-state index contributed by atoms with van der Waals surface area (Å²) in [6, 6.07) is 42.8. The van der Waals surface area contributed by atoms with Crippen LogP contribution >= 0.6 is 0 Å². The number of ether oxygens (including phenoxy) is 7. The number of benzene rings is 7. The van der Waals surface area contributed by atoms with Gasteiger partial charge in [0.1, 0.15) is 35.2 Å². The van der Waals surface area contributed by atoms with Crippen molar-refractivity contribution in [1.82, 2.24) is 0 Å². The minimum Gasteiger partial charge on any atom is -0.493 e. The molecule has 7 aliphatic heterocycles. The van der Waals surface area contributed by atoms with Gasteiger partial charge in [0, 0.05) is 12.8 Å². The molecule has 0 saturated heterocycles. The Labute approximate surface area is 627 Å². The van der Waals surface area contributed by atoms with E-state index in [-0.39, 0.29) is 36.0 Å². The summed E-state index contributed by atoms with van der Waals surface area (Å²) in [7, 11) is 0. The first-order valence-corrected chi connectivity index (χ1v) is 38.4. The number of hydrogen-bond acceptors (Lipinski definition) is 10. The zero-order valence-electron chi connectivity index (χ0n) is 66.1.